The van der Waals surface area contributed by atoms with Crippen LogP contribution in [0.3, 0.4) is 0 Å². The highest BCUT2D eigenvalue weighted by atomic mass is 35.5. The molecular weight excluding hydrogens is 353 g/mol. The third-order valence-electron chi connectivity index (χ3n) is 2.82. The topological polar surface area (TPSA) is 56.8 Å². The molecule has 0 heterocycles. The molecule has 1 N–H and O–H groups in total. The Balaban J connectivity index is 2.00. The molecule has 128 valence electrons. The van der Waals surface area contributed by atoms with Crippen LogP contribution in [0.1, 0.15) is 13.8 Å². The average molecular weight is 370 g/mol. The van der Waals surface area contributed by atoms with Gasteiger partial charge in [0, 0.05) is 24.6 Å². The van der Waals surface area contributed by atoms with Gasteiger partial charge in [0.25, 0.3) is 0 Å². The number of carbonyl (C=O) groups excluding carboxylic acids is 1. The van der Waals surface area contributed by atoms with Gasteiger partial charge in [-0.05, 0) is 37.3 Å². The third-order valence-corrected chi connectivity index (χ3v) is 3.35. The van der Waals surface area contributed by atoms with Gasteiger partial charge in [-0.15, -0.1) is 0 Å². The SMILES string of the molecule is CCNC(=O)OC(C)Oc1ccc(Oc2cccc(Cl)c2)cc1Cl. The van der Waals surface area contributed by atoms with E-state index in [1.54, 1.807) is 56.3 Å². The molecule has 0 aliphatic rings. The van der Waals surface area contributed by atoms with Crippen LogP contribution in [-0.2, 0) is 4.74 Å². The molecule has 2 aromatic rings. The Labute approximate surface area is 150 Å². The minimum Gasteiger partial charge on any atom is -0.457 e. The number of carbonyl (C=O) groups is 1. The fourth-order valence-corrected chi connectivity index (χ4v) is 2.24. The summed E-state index contributed by atoms with van der Waals surface area (Å²) < 4.78 is 16.2. The van der Waals surface area contributed by atoms with Gasteiger partial charge in [0.05, 0.1) is 5.02 Å². The third kappa shape index (κ3) is 5.51. The van der Waals surface area contributed by atoms with Crippen LogP contribution in [0.2, 0.25) is 10.0 Å². The van der Waals surface area contributed by atoms with Gasteiger partial charge < -0.3 is 19.5 Å². The molecule has 24 heavy (non-hydrogen) atoms. The zero-order valence-electron chi connectivity index (χ0n) is 13.2. The van der Waals surface area contributed by atoms with E-state index in [1.807, 2.05) is 0 Å². The van der Waals surface area contributed by atoms with Crippen molar-refractivity contribution in [1.29, 1.82) is 0 Å². The lowest BCUT2D eigenvalue weighted by Gasteiger charge is -2.16. The van der Waals surface area contributed by atoms with Gasteiger partial charge in [-0.2, -0.15) is 0 Å². The molecule has 0 aromatic heterocycles. The molecule has 5 nitrogen and oxygen atoms in total. The van der Waals surface area contributed by atoms with E-state index in [4.69, 9.17) is 37.4 Å². The summed E-state index contributed by atoms with van der Waals surface area (Å²) in [7, 11) is 0. The Bertz CT molecular complexity index is 709. The van der Waals surface area contributed by atoms with Crippen molar-refractivity contribution in [3.63, 3.8) is 0 Å². The van der Waals surface area contributed by atoms with Crippen LogP contribution < -0.4 is 14.8 Å². The van der Waals surface area contributed by atoms with Crippen molar-refractivity contribution in [3.05, 3.63) is 52.5 Å². The zero-order chi connectivity index (χ0) is 17.5. The molecule has 0 aliphatic carbocycles. The van der Waals surface area contributed by atoms with Crippen molar-refractivity contribution >= 4 is 29.3 Å². The van der Waals surface area contributed by atoms with Gasteiger partial charge in [0.1, 0.15) is 17.2 Å². The second-order valence-electron chi connectivity index (χ2n) is 4.77. The smallest absolute Gasteiger partial charge is 0.410 e. The van der Waals surface area contributed by atoms with Crippen LogP contribution in [0.5, 0.6) is 17.2 Å². The summed E-state index contributed by atoms with van der Waals surface area (Å²) >= 11 is 12.1. The van der Waals surface area contributed by atoms with Gasteiger partial charge in [-0.25, -0.2) is 4.79 Å². The summed E-state index contributed by atoms with van der Waals surface area (Å²) in [5, 5.41) is 3.43. The van der Waals surface area contributed by atoms with E-state index < -0.39 is 12.4 Å². The van der Waals surface area contributed by atoms with E-state index in [0.717, 1.165) is 0 Å². The Kier molecular flexibility index (Phi) is 6.58. The van der Waals surface area contributed by atoms with E-state index in [0.29, 0.717) is 33.8 Å². The molecule has 0 spiro atoms. The maximum atomic E-state index is 11.3. The van der Waals surface area contributed by atoms with E-state index in [9.17, 15) is 4.79 Å². The lowest BCUT2D eigenvalue weighted by Crippen LogP contribution is -2.30. The molecule has 1 amide bonds. The van der Waals surface area contributed by atoms with Crippen molar-refractivity contribution in [2.75, 3.05) is 6.54 Å². The van der Waals surface area contributed by atoms with E-state index >= 15 is 0 Å². The van der Waals surface area contributed by atoms with E-state index in [2.05, 4.69) is 5.32 Å². The standard InChI is InChI=1S/C17H17Cl2NO4/c1-3-20-17(21)23-11(2)22-16-8-7-14(10-15(16)19)24-13-6-4-5-12(18)9-13/h4-11H,3H2,1-2H3,(H,20,21). The monoisotopic (exact) mass is 369 g/mol. The number of alkyl carbamates (subject to hydrolysis) is 1. The predicted molar refractivity (Wildman–Crippen MR) is 93.2 cm³/mol. The fraction of sp³-hybridized carbons (Fsp3) is 0.235. The van der Waals surface area contributed by atoms with Crippen LogP contribution in [0.15, 0.2) is 42.5 Å². The largest absolute Gasteiger partial charge is 0.457 e. The van der Waals surface area contributed by atoms with E-state index in [-0.39, 0.29) is 0 Å². The molecule has 7 heteroatoms. The predicted octanol–water partition coefficient (Wildman–Crippen LogP) is 5.26. The Morgan fingerprint density at radius 3 is 2.58 bits per heavy atom. The fourth-order valence-electron chi connectivity index (χ4n) is 1.85. The van der Waals surface area contributed by atoms with Crippen molar-refractivity contribution in [2.45, 2.75) is 20.1 Å². The molecule has 0 radical (unpaired) electrons. The molecule has 0 saturated carbocycles. The summed E-state index contributed by atoms with van der Waals surface area (Å²) in [6.07, 6.45) is -1.34. The first-order valence-corrected chi connectivity index (χ1v) is 8.07. The highest BCUT2D eigenvalue weighted by Crippen LogP contribution is 2.32. The quantitative estimate of drug-likeness (QED) is 0.705. The van der Waals surface area contributed by atoms with Crippen LogP contribution in [-0.4, -0.2) is 18.9 Å². The molecular formula is C17H17Cl2NO4. The second kappa shape index (κ2) is 8.66. The zero-order valence-corrected chi connectivity index (χ0v) is 14.7. The van der Waals surface area contributed by atoms with Crippen LogP contribution in [0.25, 0.3) is 0 Å². The number of nitrogens with one attached hydrogen (secondary N) is 1. The molecule has 1 atom stereocenters. The number of rotatable bonds is 6. The molecule has 2 aromatic carbocycles. The molecule has 0 aliphatic heterocycles. The van der Waals surface area contributed by atoms with Gasteiger partial charge >= 0.3 is 6.09 Å². The normalized spacial score (nSPS) is 11.5. The molecule has 2 rings (SSSR count). The first-order chi connectivity index (χ1) is 11.5. The lowest BCUT2D eigenvalue weighted by molar-refractivity contribution is -0.0179. The van der Waals surface area contributed by atoms with E-state index in [1.165, 1.54) is 0 Å². The number of halogens is 2. The van der Waals surface area contributed by atoms with Crippen molar-refractivity contribution in [2.24, 2.45) is 0 Å². The maximum absolute atomic E-state index is 11.3. The summed E-state index contributed by atoms with van der Waals surface area (Å²) in [4.78, 5) is 11.3. The Hall–Kier alpha value is -2.11. The lowest BCUT2D eigenvalue weighted by atomic mass is 10.3. The summed E-state index contributed by atoms with van der Waals surface area (Å²) in [5.74, 6) is 1.51. The molecule has 0 bridgehead atoms. The van der Waals surface area contributed by atoms with Gasteiger partial charge in [0.2, 0.25) is 6.29 Å². The number of ether oxygens (including phenoxy) is 3. The van der Waals surface area contributed by atoms with Gasteiger partial charge in [-0.3, -0.25) is 0 Å². The molecule has 0 saturated heterocycles. The summed E-state index contributed by atoms with van der Waals surface area (Å²) in [5.41, 5.74) is 0. The second-order valence-corrected chi connectivity index (χ2v) is 5.62. The Morgan fingerprint density at radius 1 is 1.17 bits per heavy atom. The van der Waals surface area contributed by atoms with Gasteiger partial charge in [0.15, 0.2) is 0 Å². The first-order valence-electron chi connectivity index (χ1n) is 7.32. The van der Waals surface area contributed by atoms with Crippen LogP contribution in [0, 0.1) is 0 Å². The van der Waals surface area contributed by atoms with Crippen LogP contribution >= 0.6 is 23.2 Å². The first kappa shape index (κ1) is 18.2. The highest BCUT2D eigenvalue weighted by molar-refractivity contribution is 6.32. The summed E-state index contributed by atoms with van der Waals surface area (Å²) in [6.45, 7) is 3.87. The highest BCUT2D eigenvalue weighted by Gasteiger charge is 2.12. The van der Waals surface area contributed by atoms with Gasteiger partial charge in [-0.1, -0.05) is 29.3 Å². The summed E-state index contributed by atoms with van der Waals surface area (Å²) in [6, 6.07) is 12.0. The average Bonchev–Trinajstić information content (AvgIpc) is 2.50. The number of amides is 1. The molecule has 1 unspecified atom stereocenters. The Morgan fingerprint density at radius 2 is 1.92 bits per heavy atom. The minimum absolute atomic E-state index is 0.334. The maximum Gasteiger partial charge on any atom is 0.410 e. The van der Waals surface area contributed by atoms with Crippen molar-refractivity contribution in [1.82, 2.24) is 5.32 Å². The van der Waals surface area contributed by atoms with Crippen molar-refractivity contribution < 1.29 is 19.0 Å². The molecule has 0 fully saturated rings. The van der Waals surface area contributed by atoms with Crippen LogP contribution in [0.4, 0.5) is 4.79 Å². The number of hydrogen-bond donors (Lipinski definition) is 1. The number of hydrogen-bond acceptors (Lipinski definition) is 4. The van der Waals surface area contributed by atoms with Crippen molar-refractivity contribution in [3.8, 4) is 17.2 Å². The number of benzene rings is 2. The minimum atomic E-state index is -0.784.